The van der Waals surface area contributed by atoms with Crippen LogP contribution in [0.15, 0.2) is 29.8 Å². The van der Waals surface area contributed by atoms with Crippen molar-refractivity contribution >= 4 is 5.78 Å². The third kappa shape index (κ3) is 2.65. The number of carbonyl (C=O) groups excluding carboxylic acids is 1. The number of phenolic OH excluding ortho intramolecular Hbond substituents is 1. The molecule has 4 atom stereocenters. The minimum atomic E-state index is -0.160. The van der Waals surface area contributed by atoms with Crippen LogP contribution in [0.3, 0.4) is 0 Å². The number of Topliss-reactive ketones (excluding diaryl/α,β-unsaturated/α-hetero) is 1. The Kier molecular flexibility index (Phi) is 3.69. The fraction of sp³-hybridized carbons (Fsp3) is 0.609. The molecular formula is C23H30O2. The molecule has 25 heavy (non-hydrogen) atoms. The molecule has 0 amide bonds. The van der Waals surface area contributed by atoms with Crippen LogP contribution < -0.4 is 0 Å². The number of hydrogen-bond donors (Lipinski definition) is 1. The van der Waals surface area contributed by atoms with Crippen LogP contribution in [0.2, 0.25) is 0 Å². The van der Waals surface area contributed by atoms with Crippen molar-refractivity contribution in [2.75, 3.05) is 0 Å². The van der Waals surface area contributed by atoms with Crippen LogP contribution >= 0.6 is 0 Å². The van der Waals surface area contributed by atoms with E-state index in [1.165, 1.54) is 11.1 Å². The van der Waals surface area contributed by atoms with Crippen LogP contribution in [0.1, 0.15) is 70.4 Å². The Bertz CT molecular complexity index is 752. The smallest absolute Gasteiger partial charge is 0.164 e. The SMILES string of the molecule is CC(C)(C)C=C1C[C@H]2[C@@H]3CCc4cc(O)ccc4[C@H]3CC[C@]2(C)C1=O. The van der Waals surface area contributed by atoms with Gasteiger partial charge in [-0.2, -0.15) is 0 Å². The monoisotopic (exact) mass is 338 g/mol. The van der Waals surface area contributed by atoms with Gasteiger partial charge in [-0.3, -0.25) is 4.79 Å². The lowest BCUT2D eigenvalue weighted by molar-refractivity contribution is -0.127. The zero-order chi connectivity index (χ0) is 18.0. The summed E-state index contributed by atoms with van der Waals surface area (Å²) in [6.07, 6.45) is 7.47. The van der Waals surface area contributed by atoms with Gasteiger partial charge in [0.1, 0.15) is 5.75 Å². The van der Waals surface area contributed by atoms with Gasteiger partial charge in [0.25, 0.3) is 0 Å². The Balaban J connectivity index is 1.70. The molecule has 0 saturated heterocycles. The van der Waals surface area contributed by atoms with E-state index in [9.17, 15) is 9.90 Å². The van der Waals surface area contributed by atoms with Crippen molar-refractivity contribution in [3.05, 3.63) is 41.0 Å². The summed E-state index contributed by atoms with van der Waals surface area (Å²) >= 11 is 0. The van der Waals surface area contributed by atoms with Crippen LogP contribution in [0.5, 0.6) is 5.75 Å². The second-order valence-electron chi connectivity index (χ2n) is 9.82. The predicted molar refractivity (Wildman–Crippen MR) is 101 cm³/mol. The summed E-state index contributed by atoms with van der Waals surface area (Å²) in [6.45, 7) is 8.78. The number of aromatic hydroxyl groups is 1. The number of aryl methyl sites for hydroxylation is 1. The number of benzene rings is 1. The highest BCUT2D eigenvalue weighted by Gasteiger charge is 2.56. The van der Waals surface area contributed by atoms with Crippen molar-refractivity contribution in [2.45, 2.75) is 65.7 Å². The average Bonchev–Trinajstić information content (AvgIpc) is 2.77. The molecule has 0 unspecified atom stereocenters. The van der Waals surface area contributed by atoms with Crippen LogP contribution in [0.4, 0.5) is 0 Å². The molecule has 0 bridgehead atoms. The highest BCUT2D eigenvalue weighted by molar-refractivity contribution is 6.02. The van der Waals surface area contributed by atoms with Gasteiger partial charge in [-0.15, -0.1) is 0 Å². The van der Waals surface area contributed by atoms with E-state index in [-0.39, 0.29) is 10.8 Å². The lowest BCUT2D eigenvalue weighted by atomic mass is 9.55. The zero-order valence-electron chi connectivity index (χ0n) is 15.9. The minimum Gasteiger partial charge on any atom is -0.508 e. The first-order chi connectivity index (χ1) is 11.7. The van der Waals surface area contributed by atoms with Crippen molar-refractivity contribution < 1.29 is 9.90 Å². The summed E-state index contributed by atoms with van der Waals surface area (Å²) in [5.74, 6) is 2.44. The molecule has 1 aromatic carbocycles. The number of carbonyl (C=O) groups is 1. The number of ketones is 1. The molecule has 0 radical (unpaired) electrons. The fourth-order valence-electron chi connectivity index (χ4n) is 5.89. The van der Waals surface area contributed by atoms with Crippen LogP contribution in [0, 0.1) is 22.7 Å². The van der Waals surface area contributed by atoms with Crippen molar-refractivity contribution in [1.29, 1.82) is 0 Å². The maximum absolute atomic E-state index is 13.2. The van der Waals surface area contributed by atoms with E-state index in [4.69, 9.17) is 0 Å². The van der Waals surface area contributed by atoms with E-state index < -0.39 is 0 Å². The summed E-state index contributed by atoms with van der Waals surface area (Å²) in [5, 5.41) is 9.80. The molecule has 2 heteroatoms. The van der Waals surface area contributed by atoms with Gasteiger partial charge >= 0.3 is 0 Å². The Morgan fingerprint density at radius 2 is 2.00 bits per heavy atom. The second kappa shape index (κ2) is 5.46. The van der Waals surface area contributed by atoms with E-state index in [2.05, 4.69) is 39.8 Å². The molecule has 0 heterocycles. The lowest BCUT2D eigenvalue weighted by Crippen LogP contribution is -2.42. The molecule has 2 fully saturated rings. The van der Waals surface area contributed by atoms with Gasteiger partial charge in [-0.1, -0.05) is 39.8 Å². The molecule has 3 aliphatic carbocycles. The average molecular weight is 338 g/mol. The van der Waals surface area contributed by atoms with Crippen molar-refractivity contribution in [2.24, 2.45) is 22.7 Å². The summed E-state index contributed by atoms with van der Waals surface area (Å²) in [5.41, 5.74) is 3.73. The van der Waals surface area contributed by atoms with E-state index in [0.29, 0.717) is 29.3 Å². The van der Waals surface area contributed by atoms with E-state index in [1.54, 1.807) is 0 Å². The van der Waals surface area contributed by atoms with Crippen LogP contribution in [0.25, 0.3) is 0 Å². The van der Waals surface area contributed by atoms with Gasteiger partial charge < -0.3 is 5.11 Å². The highest BCUT2D eigenvalue weighted by atomic mass is 16.3. The van der Waals surface area contributed by atoms with Gasteiger partial charge in [0.05, 0.1) is 0 Å². The topological polar surface area (TPSA) is 37.3 Å². The van der Waals surface area contributed by atoms with Crippen molar-refractivity contribution in [3.63, 3.8) is 0 Å². The van der Waals surface area contributed by atoms with Gasteiger partial charge in [-0.05, 0) is 84.1 Å². The normalized spacial score (nSPS) is 36.1. The first-order valence-corrected chi connectivity index (χ1v) is 9.77. The Morgan fingerprint density at radius 1 is 1.24 bits per heavy atom. The molecule has 2 saturated carbocycles. The molecule has 1 N–H and O–H groups in total. The summed E-state index contributed by atoms with van der Waals surface area (Å²) in [6, 6.07) is 5.91. The molecule has 0 aliphatic heterocycles. The van der Waals surface area contributed by atoms with Gasteiger partial charge in [0.2, 0.25) is 0 Å². The van der Waals surface area contributed by atoms with E-state index >= 15 is 0 Å². The Morgan fingerprint density at radius 3 is 2.72 bits per heavy atom. The molecular weight excluding hydrogens is 308 g/mol. The standard InChI is InChI=1S/C23H30O2/c1-22(2,3)13-15-12-20-19-7-5-14-11-16(24)6-8-17(14)18(19)9-10-23(20,4)21(15)25/h6,8,11,13,18-20,24H,5,7,9-10,12H2,1-4H3/t18-,19-,20+,23+/m1/s1. The van der Waals surface area contributed by atoms with Crippen LogP contribution in [-0.4, -0.2) is 10.9 Å². The summed E-state index contributed by atoms with van der Waals surface area (Å²) in [7, 11) is 0. The maximum Gasteiger partial charge on any atom is 0.164 e. The third-order valence-electron chi connectivity index (χ3n) is 6.96. The number of phenols is 1. The number of rotatable bonds is 0. The molecule has 0 aromatic heterocycles. The number of fused-ring (bicyclic) bond motifs is 5. The van der Waals surface area contributed by atoms with E-state index in [0.717, 1.165) is 37.7 Å². The van der Waals surface area contributed by atoms with Crippen LogP contribution in [-0.2, 0) is 11.2 Å². The first kappa shape index (κ1) is 16.9. The first-order valence-electron chi connectivity index (χ1n) is 9.77. The summed E-state index contributed by atoms with van der Waals surface area (Å²) in [4.78, 5) is 13.2. The minimum absolute atomic E-state index is 0.0605. The van der Waals surface area contributed by atoms with Gasteiger partial charge in [-0.25, -0.2) is 0 Å². The number of allylic oxidation sites excluding steroid dienone is 2. The largest absolute Gasteiger partial charge is 0.508 e. The van der Waals surface area contributed by atoms with Crippen molar-refractivity contribution in [3.8, 4) is 5.75 Å². The zero-order valence-corrected chi connectivity index (χ0v) is 15.9. The summed E-state index contributed by atoms with van der Waals surface area (Å²) < 4.78 is 0. The highest BCUT2D eigenvalue weighted by Crippen LogP contribution is 2.61. The Hall–Kier alpha value is -1.57. The quantitative estimate of drug-likeness (QED) is 0.643. The fourth-order valence-corrected chi connectivity index (χ4v) is 5.89. The lowest BCUT2D eigenvalue weighted by Gasteiger charge is -2.48. The molecule has 3 aliphatic rings. The molecule has 4 rings (SSSR count). The molecule has 0 spiro atoms. The second-order valence-corrected chi connectivity index (χ2v) is 9.82. The molecule has 2 nitrogen and oxygen atoms in total. The Labute approximate surface area is 151 Å². The maximum atomic E-state index is 13.2. The molecule has 1 aromatic rings. The number of hydrogen-bond acceptors (Lipinski definition) is 2. The third-order valence-corrected chi connectivity index (χ3v) is 6.96. The van der Waals surface area contributed by atoms with Gasteiger partial charge in [0, 0.05) is 5.41 Å². The van der Waals surface area contributed by atoms with E-state index in [1.807, 2.05) is 12.1 Å². The molecule has 134 valence electrons. The van der Waals surface area contributed by atoms with Gasteiger partial charge in [0.15, 0.2) is 5.78 Å². The predicted octanol–water partition coefficient (Wildman–Crippen LogP) is 5.40. The van der Waals surface area contributed by atoms with Crippen molar-refractivity contribution in [1.82, 2.24) is 0 Å².